The second kappa shape index (κ2) is 11.1. The van der Waals surface area contributed by atoms with Gasteiger partial charge in [-0.25, -0.2) is 15.0 Å². The number of anilines is 2. The van der Waals surface area contributed by atoms with Crippen molar-refractivity contribution in [3.8, 4) is 11.3 Å². The van der Waals surface area contributed by atoms with Crippen LogP contribution < -0.4 is 10.2 Å². The van der Waals surface area contributed by atoms with Crippen LogP contribution in [-0.4, -0.2) is 57.7 Å². The van der Waals surface area contributed by atoms with Gasteiger partial charge in [0.1, 0.15) is 18.2 Å². The van der Waals surface area contributed by atoms with Crippen molar-refractivity contribution in [3.63, 3.8) is 0 Å². The number of carbonyl (C=O) groups excluding carboxylic acids is 1. The molecule has 0 aliphatic heterocycles. The summed E-state index contributed by atoms with van der Waals surface area (Å²) in [6.07, 6.45) is -0.0425. The first-order valence-corrected chi connectivity index (χ1v) is 11.0. The predicted molar refractivity (Wildman–Crippen MR) is 137 cm³/mol. The molecule has 10 nitrogen and oxygen atoms in total. The van der Waals surface area contributed by atoms with Crippen LogP contribution in [0, 0.1) is 13.8 Å². The summed E-state index contributed by atoms with van der Waals surface area (Å²) in [5.74, 6) is -1.27. The van der Waals surface area contributed by atoms with Gasteiger partial charge in [-0.05, 0) is 39.6 Å². The highest BCUT2D eigenvalue weighted by Crippen LogP contribution is 2.32. The maximum absolute atomic E-state index is 13.4. The fourth-order valence-corrected chi connectivity index (χ4v) is 3.43. The van der Waals surface area contributed by atoms with Crippen molar-refractivity contribution in [3.05, 3.63) is 53.4 Å². The molecule has 37 heavy (non-hydrogen) atoms. The van der Waals surface area contributed by atoms with Gasteiger partial charge >= 0.3 is 6.18 Å². The number of nitrogens with one attached hydrogen (secondary N) is 1. The van der Waals surface area contributed by atoms with E-state index in [-0.39, 0.29) is 18.1 Å². The quantitative estimate of drug-likeness (QED) is 0.453. The number of alkyl halides is 3. The molecule has 0 atom stereocenters. The summed E-state index contributed by atoms with van der Waals surface area (Å²) in [6, 6.07) is 4.77. The minimum absolute atomic E-state index is 0.0667. The Morgan fingerprint density at radius 1 is 1.24 bits per heavy atom. The number of nitrogens with zero attached hydrogens (tertiary/aromatic N) is 8. The van der Waals surface area contributed by atoms with Gasteiger partial charge in [0.2, 0.25) is 11.7 Å². The van der Waals surface area contributed by atoms with Crippen LogP contribution in [-0.2, 0) is 17.5 Å². The molecule has 1 amide bonds. The number of halogens is 3. The maximum Gasteiger partial charge on any atom is 0.451 e. The molecule has 3 heterocycles. The van der Waals surface area contributed by atoms with Crippen molar-refractivity contribution in [1.82, 2.24) is 24.7 Å². The van der Waals surface area contributed by atoms with E-state index in [1.807, 2.05) is 0 Å². The van der Waals surface area contributed by atoms with Crippen LogP contribution in [0.5, 0.6) is 0 Å². The highest BCUT2D eigenvalue weighted by Gasteiger charge is 2.36. The Labute approximate surface area is 211 Å². The molecule has 0 aliphatic rings. The molecular formula is C24H26F3N9O. The van der Waals surface area contributed by atoms with Crippen molar-refractivity contribution in [2.75, 3.05) is 24.3 Å². The lowest BCUT2D eigenvalue weighted by Gasteiger charge is -2.15. The summed E-state index contributed by atoms with van der Waals surface area (Å²) < 4.78 is 41.7. The van der Waals surface area contributed by atoms with Crippen LogP contribution in [0.4, 0.5) is 24.8 Å². The minimum Gasteiger partial charge on any atom is -0.363 e. The van der Waals surface area contributed by atoms with Crippen molar-refractivity contribution >= 4 is 36.2 Å². The average Bonchev–Trinajstić information content (AvgIpc) is 3.11. The van der Waals surface area contributed by atoms with E-state index in [0.29, 0.717) is 34.0 Å². The SMILES string of the molecule is C=N/C(=C\N=CC)c1ccc(NC(=O)Cn2nc(C)c(-c3cc(N(C)C)nc(C(F)(F)F)n3)c2C)nc1. The van der Waals surface area contributed by atoms with E-state index >= 15 is 0 Å². The Morgan fingerprint density at radius 3 is 2.54 bits per heavy atom. The van der Waals surface area contributed by atoms with Crippen LogP contribution in [0.15, 0.2) is 40.6 Å². The fraction of sp³-hybridized carbons (Fsp3) is 0.292. The zero-order valence-electron chi connectivity index (χ0n) is 21.0. The van der Waals surface area contributed by atoms with Gasteiger partial charge in [-0.2, -0.15) is 18.3 Å². The molecule has 3 rings (SSSR count). The lowest BCUT2D eigenvalue weighted by atomic mass is 10.1. The molecule has 13 heteroatoms. The maximum atomic E-state index is 13.4. The molecular weight excluding hydrogens is 487 g/mol. The monoisotopic (exact) mass is 513 g/mol. The summed E-state index contributed by atoms with van der Waals surface area (Å²) in [4.78, 5) is 33.6. The molecule has 1 N–H and O–H groups in total. The Balaban J connectivity index is 1.84. The van der Waals surface area contributed by atoms with Crippen LogP contribution in [0.1, 0.15) is 29.7 Å². The largest absolute Gasteiger partial charge is 0.451 e. The number of hydrogen-bond acceptors (Lipinski definition) is 8. The lowest BCUT2D eigenvalue weighted by Crippen LogP contribution is -2.21. The second-order valence-electron chi connectivity index (χ2n) is 8.09. The van der Waals surface area contributed by atoms with E-state index in [9.17, 15) is 18.0 Å². The summed E-state index contributed by atoms with van der Waals surface area (Å²) in [5.41, 5.74) is 2.57. The molecule has 194 valence electrons. The number of amides is 1. The first kappa shape index (κ1) is 27.2. The standard InChI is InChI=1S/C24H26F3N9O/c1-7-29-12-18(28-4)16-8-9-19(30-11-16)32-21(37)13-36-15(3)22(14(2)34-36)17-10-20(35(5)6)33-23(31-17)24(25,26)27/h7-12H,4,13H2,1-3,5-6H3,(H,30,32,37)/b18-12-,29-7?. The van der Waals surface area contributed by atoms with Gasteiger partial charge < -0.3 is 10.2 Å². The smallest absolute Gasteiger partial charge is 0.363 e. The third-order valence-electron chi connectivity index (χ3n) is 5.20. The summed E-state index contributed by atoms with van der Waals surface area (Å²) in [6.45, 7) is 8.41. The Hall–Kier alpha value is -4.42. The molecule has 0 bridgehead atoms. The van der Waals surface area contributed by atoms with Crippen LogP contribution in [0.2, 0.25) is 0 Å². The Bertz CT molecular complexity index is 1360. The zero-order valence-corrected chi connectivity index (χ0v) is 21.0. The lowest BCUT2D eigenvalue weighted by molar-refractivity contribution is -0.144. The fourth-order valence-electron chi connectivity index (χ4n) is 3.43. The van der Waals surface area contributed by atoms with Crippen molar-refractivity contribution in [2.45, 2.75) is 33.5 Å². The van der Waals surface area contributed by atoms with Gasteiger partial charge in [-0.1, -0.05) is 0 Å². The molecule has 0 aromatic carbocycles. The first-order valence-electron chi connectivity index (χ1n) is 11.0. The van der Waals surface area contributed by atoms with Gasteiger partial charge in [0, 0.05) is 49.4 Å². The zero-order chi connectivity index (χ0) is 27.3. The van der Waals surface area contributed by atoms with Crippen LogP contribution in [0.3, 0.4) is 0 Å². The molecule has 0 spiro atoms. The molecule has 3 aromatic rings. The summed E-state index contributed by atoms with van der Waals surface area (Å²) >= 11 is 0. The summed E-state index contributed by atoms with van der Waals surface area (Å²) in [5, 5.41) is 7.03. The number of carbonyl (C=O) groups is 1. The number of pyridine rings is 1. The number of aromatic nitrogens is 5. The number of aryl methyl sites for hydroxylation is 1. The van der Waals surface area contributed by atoms with Gasteiger partial charge in [0.15, 0.2) is 0 Å². The highest BCUT2D eigenvalue weighted by atomic mass is 19.4. The van der Waals surface area contributed by atoms with Gasteiger partial charge in [0.05, 0.1) is 23.3 Å². The van der Waals surface area contributed by atoms with E-state index in [4.69, 9.17) is 0 Å². The van der Waals surface area contributed by atoms with E-state index in [0.717, 1.165) is 0 Å². The second-order valence-corrected chi connectivity index (χ2v) is 8.09. The van der Waals surface area contributed by atoms with E-state index in [1.54, 1.807) is 59.4 Å². The van der Waals surface area contributed by atoms with Crippen molar-refractivity contribution < 1.29 is 18.0 Å². The van der Waals surface area contributed by atoms with Crippen molar-refractivity contribution in [1.29, 1.82) is 0 Å². The van der Waals surface area contributed by atoms with E-state index in [2.05, 4.69) is 42.1 Å². The number of aliphatic imine (C=N–C) groups is 2. The van der Waals surface area contributed by atoms with E-state index in [1.165, 1.54) is 21.8 Å². The third kappa shape index (κ3) is 6.42. The molecule has 0 radical (unpaired) electrons. The van der Waals surface area contributed by atoms with Crippen molar-refractivity contribution in [2.24, 2.45) is 9.98 Å². The Morgan fingerprint density at radius 2 is 1.97 bits per heavy atom. The molecule has 3 aromatic heterocycles. The predicted octanol–water partition coefficient (Wildman–Crippen LogP) is 4.17. The summed E-state index contributed by atoms with van der Waals surface area (Å²) in [7, 11) is 3.18. The van der Waals surface area contributed by atoms with Gasteiger partial charge in [-0.15, -0.1) is 0 Å². The van der Waals surface area contributed by atoms with Crippen LogP contribution >= 0.6 is 0 Å². The molecule has 0 aliphatic carbocycles. The molecule has 0 saturated heterocycles. The Kier molecular flexibility index (Phi) is 8.15. The number of hydrogen-bond donors (Lipinski definition) is 1. The topological polar surface area (TPSA) is 114 Å². The molecule has 0 saturated carbocycles. The van der Waals surface area contributed by atoms with Gasteiger partial charge in [-0.3, -0.25) is 19.5 Å². The molecule has 0 unspecified atom stereocenters. The normalized spacial score (nSPS) is 12.2. The average molecular weight is 514 g/mol. The third-order valence-corrected chi connectivity index (χ3v) is 5.20. The number of rotatable bonds is 8. The van der Waals surface area contributed by atoms with Gasteiger partial charge in [0.25, 0.3) is 0 Å². The van der Waals surface area contributed by atoms with E-state index < -0.39 is 17.9 Å². The minimum atomic E-state index is -4.72. The molecule has 0 fully saturated rings. The van der Waals surface area contributed by atoms with Crippen LogP contribution in [0.25, 0.3) is 17.0 Å². The highest BCUT2D eigenvalue weighted by molar-refractivity contribution is 5.89. The first-order chi connectivity index (χ1) is 17.4.